The van der Waals surface area contributed by atoms with Crippen molar-refractivity contribution in [3.05, 3.63) is 52.1 Å². The van der Waals surface area contributed by atoms with Crippen molar-refractivity contribution in [3.8, 4) is 11.5 Å². The van der Waals surface area contributed by atoms with Crippen LogP contribution in [-0.2, 0) is 4.79 Å². The Labute approximate surface area is 196 Å². The molecule has 10 heteroatoms. The van der Waals surface area contributed by atoms with Gasteiger partial charge in [-0.15, -0.1) is 0 Å². The standard InChI is InChI=1S/C24H26N4O6/c29-23(25-18-4-6-21-22(14-18)34-15-33-21)16-7-11-27(12-8-16)24(30)17-3-5-19(20(13-17)28(31)32)26-9-1-2-10-26/h3-6,13-14,16H,1-2,7-12,15H2,(H,25,29). The van der Waals surface area contributed by atoms with Crippen molar-refractivity contribution in [2.45, 2.75) is 25.7 Å². The van der Waals surface area contributed by atoms with Gasteiger partial charge in [-0.05, 0) is 49.9 Å². The van der Waals surface area contributed by atoms with Gasteiger partial charge in [-0.3, -0.25) is 19.7 Å². The minimum absolute atomic E-state index is 0.0364. The molecule has 0 radical (unpaired) electrons. The molecule has 0 saturated carbocycles. The number of benzene rings is 2. The molecule has 0 aliphatic carbocycles. The predicted octanol–water partition coefficient (Wildman–Crippen LogP) is 3.41. The van der Waals surface area contributed by atoms with Crippen LogP contribution in [0.5, 0.6) is 11.5 Å². The number of anilines is 2. The van der Waals surface area contributed by atoms with Gasteiger partial charge in [0.1, 0.15) is 5.69 Å². The van der Waals surface area contributed by atoms with Crippen LogP contribution >= 0.6 is 0 Å². The monoisotopic (exact) mass is 466 g/mol. The van der Waals surface area contributed by atoms with E-state index in [0.29, 0.717) is 54.4 Å². The molecule has 3 heterocycles. The average molecular weight is 466 g/mol. The molecule has 0 atom stereocenters. The smallest absolute Gasteiger partial charge is 0.293 e. The lowest BCUT2D eigenvalue weighted by Gasteiger charge is -2.31. The second-order valence-corrected chi connectivity index (χ2v) is 8.78. The van der Waals surface area contributed by atoms with Gasteiger partial charge in [-0.1, -0.05) is 0 Å². The fourth-order valence-electron chi connectivity index (χ4n) is 4.77. The van der Waals surface area contributed by atoms with Crippen molar-refractivity contribution in [2.75, 3.05) is 43.2 Å². The van der Waals surface area contributed by atoms with Crippen molar-refractivity contribution in [2.24, 2.45) is 5.92 Å². The molecule has 0 bridgehead atoms. The summed E-state index contributed by atoms with van der Waals surface area (Å²) in [6, 6.07) is 9.99. The number of hydrogen-bond donors (Lipinski definition) is 1. The van der Waals surface area contributed by atoms with Crippen LogP contribution < -0.4 is 19.7 Å². The van der Waals surface area contributed by atoms with E-state index in [1.165, 1.54) is 6.07 Å². The van der Waals surface area contributed by atoms with Crippen molar-refractivity contribution in [1.29, 1.82) is 0 Å². The van der Waals surface area contributed by atoms with Crippen LogP contribution in [0.1, 0.15) is 36.0 Å². The van der Waals surface area contributed by atoms with Crippen LogP contribution in [0.25, 0.3) is 0 Å². The van der Waals surface area contributed by atoms with Gasteiger partial charge in [0.2, 0.25) is 12.7 Å². The van der Waals surface area contributed by atoms with Gasteiger partial charge in [0.25, 0.3) is 11.6 Å². The number of piperidine rings is 1. The Morgan fingerprint density at radius 2 is 1.71 bits per heavy atom. The number of nitrogens with zero attached hydrogens (tertiary/aromatic N) is 3. The third-order valence-corrected chi connectivity index (χ3v) is 6.66. The molecule has 2 aromatic carbocycles. The number of nitrogens with one attached hydrogen (secondary N) is 1. The molecule has 2 aromatic rings. The first kappa shape index (κ1) is 22.0. The Morgan fingerprint density at radius 1 is 0.971 bits per heavy atom. The number of carbonyl (C=O) groups excluding carboxylic acids is 2. The molecule has 178 valence electrons. The molecule has 3 aliphatic heterocycles. The molecule has 3 aliphatic rings. The number of fused-ring (bicyclic) bond motifs is 1. The molecule has 1 N–H and O–H groups in total. The average Bonchev–Trinajstić information content (AvgIpc) is 3.55. The summed E-state index contributed by atoms with van der Waals surface area (Å²) >= 11 is 0. The highest BCUT2D eigenvalue weighted by Gasteiger charge is 2.30. The van der Waals surface area contributed by atoms with E-state index >= 15 is 0 Å². The van der Waals surface area contributed by atoms with Crippen LogP contribution in [0.4, 0.5) is 17.1 Å². The molecule has 2 saturated heterocycles. The van der Waals surface area contributed by atoms with Crippen molar-refractivity contribution in [3.63, 3.8) is 0 Å². The third-order valence-electron chi connectivity index (χ3n) is 6.66. The zero-order chi connectivity index (χ0) is 23.7. The molecule has 10 nitrogen and oxygen atoms in total. The van der Waals surface area contributed by atoms with Crippen molar-refractivity contribution < 1.29 is 24.0 Å². The number of hydrogen-bond acceptors (Lipinski definition) is 7. The van der Waals surface area contributed by atoms with Gasteiger partial charge in [0.15, 0.2) is 11.5 Å². The normalized spacial score (nSPS) is 17.6. The molecule has 0 spiro atoms. The van der Waals surface area contributed by atoms with E-state index in [0.717, 1.165) is 25.9 Å². The minimum atomic E-state index is -0.420. The maximum atomic E-state index is 13.0. The van der Waals surface area contributed by atoms with Crippen LogP contribution in [0.3, 0.4) is 0 Å². The van der Waals surface area contributed by atoms with Crippen molar-refractivity contribution in [1.82, 2.24) is 4.90 Å². The predicted molar refractivity (Wildman–Crippen MR) is 124 cm³/mol. The summed E-state index contributed by atoms with van der Waals surface area (Å²) in [5.74, 6) is 0.685. The van der Waals surface area contributed by atoms with E-state index in [-0.39, 0.29) is 30.2 Å². The molecular weight excluding hydrogens is 440 g/mol. The summed E-state index contributed by atoms with van der Waals surface area (Å²) in [5.41, 5.74) is 1.47. The number of nitro benzene ring substituents is 1. The molecule has 2 fully saturated rings. The zero-order valence-corrected chi connectivity index (χ0v) is 18.7. The van der Waals surface area contributed by atoms with Crippen molar-refractivity contribution >= 4 is 28.9 Å². The first-order valence-electron chi connectivity index (χ1n) is 11.5. The fourth-order valence-corrected chi connectivity index (χ4v) is 4.77. The van der Waals surface area contributed by atoms with E-state index in [2.05, 4.69) is 5.32 Å². The number of rotatable bonds is 5. The molecule has 5 rings (SSSR count). The molecular formula is C24H26N4O6. The Morgan fingerprint density at radius 3 is 2.44 bits per heavy atom. The highest BCUT2D eigenvalue weighted by atomic mass is 16.7. The van der Waals surface area contributed by atoms with E-state index < -0.39 is 4.92 Å². The second kappa shape index (κ2) is 9.20. The lowest BCUT2D eigenvalue weighted by atomic mass is 9.95. The Bertz CT molecular complexity index is 1120. The molecule has 0 unspecified atom stereocenters. The maximum Gasteiger partial charge on any atom is 0.293 e. The number of carbonyl (C=O) groups is 2. The van der Waals surface area contributed by atoms with Gasteiger partial charge in [0, 0.05) is 55.5 Å². The number of amides is 2. The van der Waals surface area contributed by atoms with Crippen LogP contribution in [0.2, 0.25) is 0 Å². The SMILES string of the molecule is O=C(Nc1ccc2c(c1)OCO2)C1CCN(C(=O)c2ccc(N3CCCC3)c([N+](=O)[O-])c2)CC1. The van der Waals surface area contributed by atoms with Gasteiger partial charge in [-0.25, -0.2) is 0 Å². The third kappa shape index (κ3) is 4.35. The maximum absolute atomic E-state index is 13.0. The van der Waals surface area contributed by atoms with Gasteiger partial charge >= 0.3 is 0 Å². The second-order valence-electron chi connectivity index (χ2n) is 8.78. The molecule has 0 aromatic heterocycles. The van der Waals surface area contributed by atoms with Gasteiger partial charge < -0.3 is 24.6 Å². The summed E-state index contributed by atoms with van der Waals surface area (Å²) in [6.45, 7) is 2.58. The highest BCUT2D eigenvalue weighted by molar-refractivity contribution is 5.96. The van der Waals surface area contributed by atoms with E-state index in [1.54, 1.807) is 35.2 Å². The molecule has 2 amide bonds. The Balaban J connectivity index is 1.20. The lowest BCUT2D eigenvalue weighted by Crippen LogP contribution is -2.41. The first-order chi connectivity index (χ1) is 16.5. The summed E-state index contributed by atoms with van der Waals surface area (Å²) in [6.07, 6.45) is 3.07. The quantitative estimate of drug-likeness (QED) is 0.530. The zero-order valence-electron chi connectivity index (χ0n) is 18.7. The van der Waals surface area contributed by atoms with E-state index in [1.807, 2.05) is 4.90 Å². The fraction of sp³-hybridized carbons (Fsp3) is 0.417. The molecule has 34 heavy (non-hydrogen) atoms. The number of likely N-dealkylation sites (tertiary alicyclic amines) is 1. The largest absolute Gasteiger partial charge is 0.454 e. The van der Waals surface area contributed by atoms with Gasteiger partial charge in [0.05, 0.1) is 4.92 Å². The number of nitro groups is 1. The van der Waals surface area contributed by atoms with E-state index in [4.69, 9.17) is 9.47 Å². The van der Waals surface area contributed by atoms with Gasteiger partial charge in [-0.2, -0.15) is 0 Å². The first-order valence-corrected chi connectivity index (χ1v) is 11.5. The highest BCUT2D eigenvalue weighted by Crippen LogP contribution is 2.35. The topological polar surface area (TPSA) is 114 Å². The lowest BCUT2D eigenvalue weighted by molar-refractivity contribution is -0.384. The minimum Gasteiger partial charge on any atom is -0.454 e. The summed E-state index contributed by atoms with van der Waals surface area (Å²) < 4.78 is 10.6. The Kier molecular flexibility index (Phi) is 5.95. The number of ether oxygens (including phenoxy) is 2. The Hall–Kier alpha value is -3.82. The van der Waals surface area contributed by atoms with Crippen LogP contribution in [0.15, 0.2) is 36.4 Å². The summed E-state index contributed by atoms with van der Waals surface area (Å²) in [4.78, 5) is 40.7. The van der Waals surface area contributed by atoms with Crippen LogP contribution in [-0.4, -0.2) is 54.6 Å². The summed E-state index contributed by atoms with van der Waals surface area (Å²) in [7, 11) is 0. The van der Waals surface area contributed by atoms with Crippen LogP contribution in [0, 0.1) is 16.0 Å². The summed E-state index contributed by atoms with van der Waals surface area (Å²) in [5, 5.41) is 14.6. The van der Waals surface area contributed by atoms with E-state index in [9.17, 15) is 19.7 Å².